The molecule has 0 N–H and O–H groups in total. The number of hydrogen-bond acceptors (Lipinski definition) is 5. The van der Waals surface area contributed by atoms with Gasteiger partial charge in [-0.05, 0) is 81.4 Å². The van der Waals surface area contributed by atoms with Gasteiger partial charge in [-0.25, -0.2) is 4.98 Å². The van der Waals surface area contributed by atoms with Gasteiger partial charge < -0.3 is 4.74 Å². The third kappa shape index (κ3) is 2.97. The summed E-state index contributed by atoms with van der Waals surface area (Å²) in [4.78, 5) is 17.9. The summed E-state index contributed by atoms with van der Waals surface area (Å²) < 4.78 is 7.72. The minimum absolute atomic E-state index is 0.0145. The minimum Gasteiger partial charge on any atom is -0.494 e. The first kappa shape index (κ1) is 17.1. The molecule has 4 aliphatic rings. The van der Waals surface area contributed by atoms with Crippen LogP contribution in [0.4, 0.5) is 0 Å². The summed E-state index contributed by atoms with van der Waals surface area (Å²) in [5.41, 5.74) is 1.02. The van der Waals surface area contributed by atoms with E-state index >= 15 is 0 Å². The Morgan fingerprint density at radius 3 is 2.58 bits per heavy atom. The largest absolute Gasteiger partial charge is 0.494 e. The van der Waals surface area contributed by atoms with E-state index in [-0.39, 0.29) is 5.41 Å². The molecule has 4 bridgehead atoms. The monoisotopic (exact) mass is 387 g/mol. The van der Waals surface area contributed by atoms with E-state index in [1.807, 2.05) is 19.1 Å². The fraction of sp³-hybridized carbons (Fsp3) is 0.619. The van der Waals surface area contributed by atoms with Gasteiger partial charge in [-0.2, -0.15) is 0 Å². The van der Waals surface area contributed by atoms with Crippen LogP contribution in [0.15, 0.2) is 22.5 Å². The minimum atomic E-state index is 0.0145. The van der Waals surface area contributed by atoms with Crippen molar-refractivity contribution in [2.45, 2.75) is 49.8 Å². The highest BCUT2D eigenvalue weighted by Gasteiger charge is 2.54. The van der Waals surface area contributed by atoms with E-state index in [0.29, 0.717) is 18.1 Å². The number of benzene rings is 1. The summed E-state index contributed by atoms with van der Waals surface area (Å²) in [6, 6.07) is 6.05. The fourth-order valence-electron chi connectivity index (χ4n) is 5.93. The Morgan fingerprint density at radius 2 is 1.92 bits per heavy atom. The number of Topliss-reactive ketones (excluding diaryl/α,β-unsaturated/α-hetero) is 1. The molecule has 0 unspecified atom stereocenters. The Morgan fingerprint density at radius 1 is 1.23 bits per heavy atom. The summed E-state index contributed by atoms with van der Waals surface area (Å²) >= 11 is 3.32. The Balaban J connectivity index is 1.29. The van der Waals surface area contributed by atoms with Crippen LogP contribution in [0.5, 0.6) is 5.75 Å². The molecule has 0 aliphatic heterocycles. The average Bonchev–Trinajstić information content (AvgIpc) is 3.01. The number of carbonyl (C=O) groups excluding carboxylic acids is 1. The Labute approximate surface area is 162 Å². The van der Waals surface area contributed by atoms with E-state index in [9.17, 15) is 4.79 Å². The van der Waals surface area contributed by atoms with Gasteiger partial charge >= 0.3 is 0 Å². The van der Waals surface area contributed by atoms with Crippen LogP contribution < -0.4 is 4.74 Å². The van der Waals surface area contributed by atoms with Crippen LogP contribution in [0, 0.1) is 23.2 Å². The van der Waals surface area contributed by atoms with E-state index in [1.54, 1.807) is 23.1 Å². The normalized spacial score (nSPS) is 32.3. The van der Waals surface area contributed by atoms with Gasteiger partial charge in [0, 0.05) is 5.41 Å². The third-order valence-electron chi connectivity index (χ3n) is 6.61. The summed E-state index contributed by atoms with van der Waals surface area (Å²) in [5, 5.41) is 0. The summed E-state index contributed by atoms with van der Waals surface area (Å²) in [7, 11) is 0. The SMILES string of the molecule is CCOc1ccc2nc(SCC(=O)C34CC5CC(CC(C5)C3)C4)sc2c1. The zero-order valence-electron chi connectivity index (χ0n) is 15.2. The lowest BCUT2D eigenvalue weighted by molar-refractivity contribution is -0.141. The first-order valence-electron chi connectivity index (χ1n) is 9.83. The second kappa shape index (κ2) is 6.52. The number of ketones is 1. The van der Waals surface area contributed by atoms with Crippen LogP contribution in [0.1, 0.15) is 45.4 Å². The number of aromatic nitrogens is 1. The number of hydrogen-bond donors (Lipinski definition) is 0. The summed E-state index contributed by atoms with van der Waals surface area (Å²) in [6.45, 7) is 2.67. The van der Waals surface area contributed by atoms with Crippen molar-refractivity contribution in [3.63, 3.8) is 0 Å². The smallest absolute Gasteiger partial charge is 0.151 e. The second-order valence-corrected chi connectivity index (χ2v) is 10.7. The second-order valence-electron chi connectivity index (χ2n) is 8.45. The van der Waals surface area contributed by atoms with Crippen molar-refractivity contribution in [1.82, 2.24) is 4.98 Å². The molecule has 4 fully saturated rings. The molecule has 0 spiro atoms. The first-order valence-corrected chi connectivity index (χ1v) is 11.6. The number of carbonyl (C=O) groups is 1. The molecule has 4 saturated carbocycles. The van der Waals surface area contributed by atoms with Crippen molar-refractivity contribution >= 4 is 39.1 Å². The quantitative estimate of drug-likeness (QED) is 0.607. The molecular formula is C21H25NO2S2. The maximum atomic E-state index is 13.2. The summed E-state index contributed by atoms with van der Waals surface area (Å²) in [5.74, 6) is 4.46. The molecule has 1 aromatic carbocycles. The maximum absolute atomic E-state index is 13.2. The van der Waals surface area contributed by atoms with Crippen molar-refractivity contribution in [2.75, 3.05) is 12.4 Å². The molecule has 0 atom stereocenters. The molecule has 0 saturated heterocycles. The molecule has 0 amide bonds. The van der Waals surface area contributed by atoms with E-state index in [2.05, 4.69) is 6.07 Å². The van der Waals surface area contributed by atoms with Gasteiger partial charge in [0.2, 0.25) is 0 Å². The van der Waals surface area contributed by atoms with E-state index in [4.69, 9.17) is 9.72 Å². The highest BCUT2D eigenvalue weighted by Crippen LogP contribution is 2.60. The van der Waals surface area contributed by atoms with Crippen LogP contribution in [0.2, 0.25) is 0 Å². The molecular weight excluding hydrogens is 362 g/mol. The van der Waals surface area contributed by atoms with Gasteiger partial charge in [-0.3, -0.25) is 4.79 Å². The highest BCUT2D eigenvalue weighted by atomic mass is 32.2. The lowest BCUT2D eigenvalue weighted by Gasteiger charge is -2.56. The van der Waals surface area contributed by atoms with Gasteiger partial charge in [0.1, 0.15) is 11.5 Å². The molecule has 4 aliphatic carbocycles. The molecule has 0 radical (unpaired) electrons. The molecule has 5 heteroatoms. The zero-order chi connectivity index (χ0) is 17.7. The fourth-order valence-corrected chi connectivity index (χ4v) is 8.07. The maximum Gasteiger partial charge on any atom is 0.151 e. The standard InChI is InChI=1S/C21H25NO2S2/c1-2-24-16-3-4-17-18(8-16)26-20(22-17)25-12-19(23)21-9-13-5-14(10-21)7-15(6-13)11-21/h3-4,8,13-15H,2,5-7,9-12H2,1H3. The summed E-state index contributed by atoms with van der Waals surface area (Å²) in [6.07, 6.45) is 7.65. The Kier molecular flexibility index (Phi) is 4.28. The predicted octanol–water partition coefficient (Wildman–Crippen LogP) is 5.57. The van der Waals surface area contributed by atoms with Gasteiger partial charge in [0.25, 0.3) is 0 Å². The number of thioether (sulfide) groups is 1. The van der Waals surface area contributed by atoms with Gasteiger partial charge in [0.15, 0.2) is 4.34 Å². The van der Waals surface area contributed by atoms with Crippen molar-refractivity contribution in [1.29, 1.82) is 0 Å². The number of fused-ring (bicyclic) bond motifs is 1. The Hall–Kier alpha value is -1.07. The van der Waals surface area contributed by atoms with Crippen LogP contribution in [-0.2, 0) is 4.79 Å². The van der Waals surface area contributed by atoms with E-state index < -0.39 is 0 Å². The van der Waals surface area contributed by atoms with Crippen molar-refractivity contribution < 1.29 is 9.53 Å². The average molecular weight is 388 g/mol. The molecule has 138 valence electrons. The molecule has 1 heterocycles. The van der Waals surface area contributed by atoms with Crippen LogP contribution in [0.3, 0.4) is 0 Å². The number of nitrogens with zero attached hydrogens (tertiary/aromatic N) is 1. The molecule has 2 aromatic rings. The Bertz CT molecular complexity index is 808. The van der Waals surface area contributed by atoms with Gasteiger partial charge in [-0.15, -0.1) is 11.3 Å². The molecule has 6 rings (SSSR count). The van der Waals surface area contributed by atoms with E-state index in [0.717, 1.165) is 57.3 Å². The predicted molar refractivity (Wildman–Crippen MR) is 107 cm³/mol. The molecule has 1 aromatic heterocycles. The van der Waals surface area contributed by atoms with Gasteiger partial charge in [0.05, 0.1) is 22.6 Å². The van der Waals surface area contributed by atoms with Gasteiger partial charge in [-0.1, -0.05) is 11.8 Å². The van der Waals surface area contributed by atoms with Crippen LogP contribution in [0.25, 0.3) is 10.2 Å². The number of thiazole rings is 1. The lowest BCUT2D eigenvalue weighted by atomic mass is 9.48. The van der Waals surface area contributed by atoms with Crippen molar-refractivity contribution in [3.05, 3.63) is 18.2 Å². The molecule has 26 heavy (non-hydrogen) atoms. The molecule has 3 nitrogen and oxygen atoms in total. The highest BCUT2D eigenvalue weighted by molar-refractivity contribution is 8.01. The zero-order valence-corrected chi connectivity index (χ0v) is 16.8. The van der Waals surface area contributed by atoms with Crippen molar-refractivity contribution in [3.8, 4) is 5.75 Å². The topological polar surface area (TPSA) is 39.2 Å². The third-order valence-corrected chi connectivity index (χ3v) is 8.77. The number of rotatable bonds is 6. The van der Waals surface area contributed by atoms with Crippen LogP contribution >= 0.6 is 23.1 Å². The van der Waals surface area contributed by atoms with Crippen molar-refractivity contribution in [2.24, 2.45) is 23.2 Å². The number of ether oxygens (including phenoxy) is 1. The lowest BCUT2D eigenvalue weighted by Crippen LogP contribution is -2.50. The first-order chi connectivity index (χ1) is 12.6. The van der Waals surface area contributed by atoms with E-state index in [1.165, 1.54) is 19.3 Å². The van der Waals surface area contributed by atoms with Crippen LogP contribution in [-0.4, -0.2) is 23.1 Å².